The summed E-state index contributed by atoms with van der Waals surface area (Å²) in [7, 11) is 2.04. The van der Waals surface area contributed by atoms with Crippen molar-refractivity contribution in [1.82, 2.24) is 0 Å². The van der Waals surface area contributed by atoms with Gasteiger partial charge in [0, 0.05) is 17.2 Å². The van der Waals surface area contributed by atoms with Gasteiger partial charge in [0.15, 0.2) is 0 Å². The van der Waals surface area contributed by atoms with Crippen LogP contribution in [0.4, 0.5) is 11.4 Å². The summed E-state index contributed by atoms with van der Waals surface area (Å²) >= 11 is 3.56. The summed E-state index contributed by atoms with van der Waals surface area (Å²) in [6, 6.07) is 14.5. The van der Waals surface area contributed by atoms with Crippen molar-refractivity contribution in [3.8, 4) is 0 Å². The molecule has 2 aromatic carbocycles. The van der Waals surface area contributed by atoms with E-state index in [1.807, 2.05) is 25.2 Å². The molecular formula is C16H18BrNO. The Hall–Kier alpha value is -1.32. The molecule has 2 aromatic rings. The van der Waals surface area contributed by atoms with Crippen LogP contribution in [0.15, 0.2) is 46.9 Å². The highest BCUT2D eigenvalue weighted by atomic mass is 79.9. The molecule has 0 amide bonds. The monoisotopic (exact) mass is 319 g/mol. The maximum Gasteiger partial charge on any atom is 0.0682 e. The number of rotatable bonds is 4. The predicted molar refractivity (Wildman–Crippen MR) is 83.9 cm³/mol. The van der Waals surface area contributed by atoms with Gasteiger partial charge in [0.25, 0.3) is 0 Å². The van der Waals surface area contributed by atoms with Crippen LogP contribution in [-0.4, -0.2) is 12.2 Å². The van der Waals surface area contributed by atoms with Crippen molar-refractivity contribution in [2.45, 2.75) is 20.0 Å². The first-order valence-electron chi connectivity index (χ1n) is 6.37. The van der Waals surface area contributed by atoms with Gasteiger partial charge in [-0.2, -0.15) is 0 Å². The van der Waals surface area contributed by atoms with Crippen molar-refractivity contribution < 1.29 is 5.11 Å². The van der Waals surface area contributed by atoms with E-state index in [9.17, 15) is 0 Å². The van der Waals surface area contributed by atoms with Gasteiger partial charge >= 0.3 is 0 Å². The molecule has 0 aliphatic heterocycles. The van der Waals surface area contributed by atoms with Crippen molar-refractivity contribution in [2.24, 2.45) is 0 Å². The van der Waals surface area contributed by atoms with Crippen LogP contribution in [0.2, 0.25) is 0 Å². The van der Waals surface area contributed by atoms with E-state index >= 15 is 0 Å². The molecule has 0 saturated heterocycles. The van der Waals surface area contributed by atoms with E-state index in [1.54, 1.807) is 0 Å². The second-order valence-corrected chi connectivity index (χ2v) is 5.38. The lowest BCUT2D eigenvalue weighted by Crippen LogP contribution is -2.10. The Balaban J connectivity index is 2.29. The topological polar surface area (TPSA) is 23.5 Å². The van der Waals surface area contributed by atoms with Gasteiger partial charge in [-0.25, -0.2) is 0 Å². The molecule has 0 heterocycles. The summed E-state index contributed by atoms with van der Waals surface area (Å²) in [6.45, 7) is 2.22. The van der Waals surface area contributed by atoms with E-state index in [0.717, 1.165) is 27.8 Å². The van der Waals surface area contributed by atoms with Crippen LogP contribution in [0.5, 0.6) is 0 Å². The van der Waals surface area contributed by atoms with E-state index in [1.165, 1.54) is 5.56 Å². The van der Waals surface area contributed by atoms with Crippen LogP contribution in [0.25, 0.3) is 0 Å². The number of benzene rings is 2. The Kier molecular flexibility index (Phi) is 4.61. The van der Waals surface area contributed by atoms with Crippen LogP contribution in [0.3, 0.4) is 0 Å². The second-order valence-electron chi connectivity index (χ2n) is 4.52. The maximum atomic E-state index is 9.13. The van der Waals surface area contributed by atoms with Gasteiger partial charge in [-0.1, -0.05) is 25.1 Å². The van der Waals surface area contributed by atoms with Crippen LogP contribution in [0, 0.1) is 0 Å². The molecule has 0 radical (unpaired) electrons. The van der Waals surface area contributed by atoms with Crippen molar-refractivity contribution >= 4 is 27.3 Å². The van der Waals surface area contributed by atoms with Gasteiger partial charge in [0.05, 0.1) is 12.3 Å². The Labute approximate surface area is 122 Å². The number of anilines is 2. The van der Waals surface area contributed by atoms with Gasteiger partial charge in [-0.05, 0) is 57.7 Å². The Bertz CT molecular complexity index is 551. The summed E-state index contributed by atoms with van der Waals surface area (Å²) in [4.78, 5) is 2.13. The zero-order chi connectivity index (χ0) is 13.8. The summed E-state index contributed by atoms with van der Waals surface area (Å²) in [5, 5.41) is 9.13. The van der Waals surface area contributed by atoms with Gasteiger partial charge in [0.1, 0.15) is 0 Å². The quantitative estimate of drug-likeness (QED) is 0.909. The van der Waals surface area contributed by atoms with Gasteiger partial charge in [0.2, 0.25) is 0 Å². The number of hydrogen-bond acceptors (Lipinski definition) is 2. The molecule has 0 aliphatic carbocycles. The minimum Gasteiger partial charge on any atom is -0.392 e. The number of nitrogens with zero attached hydrogens (tertiary/aromatic N) is 1. The lowest BCUT2D eigenvalue weighted by Gasteiger charge is -2.21. The molecule has 0 fully saturated rings. The van der Waals surface area contributed by atoms with Crippen LogP contribution >= 0.6 is 15.9 Å². The molecule has 3 heteroatoms. The Morgan fingerprint density at radius 2 is 1.68 bits per heavy atom. The number of halogens is 1. The summed E-state index contributed by atoms with van der Waals surface area (Å²) in [6.07, 6.45) is 1.05. The average Bonchev–Trinajstić information content (AvgIpc) is 2.46. The van der Waals surface area contributed by atoms with Crippen molar-refractivity contribution in [3.63, 3.8) is 0 Å². The Morgan fingerprint density at radius 3 is 2.21 bits per heavy atom. The fraction of sp³-hybridized carbons (Fsp3) is 0.250. The van der Waals surface area contributed by atoms with Crippen molar-refractivity contribution in [1.29, 1.82) is 0 Å². The lowest BCUT2D eigenvalue weighted by atomic mass is 10.1. The highest BCUT2D eigenvalue weighted by Crippen LogP contribution is 2.31. The molecule has 0 bridgehead atoms. The summed E-state index contributed by atoms with van der Waals surface area (Å²) in [5.74, 6) is 0. The molecule has 0 aliphatic rings. The molecule has 0 spiro atoms. The first-order chi connectivity index (χ1) is 9.15. The fourth-order valence-electron chi connectivity index (χ4n) is 2.02. The highest BCUT2D eigenvalue weighted by Gasteiger charge is 2.08. The SMILES string of the molecule is CCc1ccc(N(C)c2ccc(CO)cc2Br)cc1. The molecular weight excluding hydrogens is 302 g/mol. The third-order valence-corrected chi connectivity index (χ3v) is 3.92. The third-order valence-electron chi connectivity index (χ3n) is 3.29. The fourth-order valence-corrected chi connectivity index (χ4v) is 2.71. The normalized spacial score (nSPS) is 10.5. The van der Waals surface area contributed by atoms with Crippen molar-refractivity contribution in [3.05, 3.63) is 58.1 Å². The molecule has 0 unspecified atom stereocenters. The van der Waals surface area contributed by atoms with Crippen LogP contribution in [-0.2, 0) is 13.0 Å². The maximum absolute atomic E-state index is 9.13. The average molecular weight is 320 g/mol. The zero-order valence-electron chi connectivity index (χ0n) is 11.2. The van der Waals surface area contributed by atoms with Gasteiger partial charge < -0.3 is 10.0 Å². The van der Waals surface area contributed by atoms with E-state index in [4.69, 9.17) is 5.11 Å². The number of hydrogen-bond donors (Lipinski definition) is 1. The largest absolute Gasteiger partial charge is 0.392 e. The molecule has 2 nitrogen and oxygen atoms in total. The van der Waals surface area contributed by atoms with Crippen LogP contribution in [0.1, 0.15) is 18.1 Å². The number of aliphatic hydroxyl groups is 1. The standard InChI is InChI=1S/C16H18BrNO/c1-3-12-4-7-14(8-5-12)18(2)16-9-6-13(11-19)10-15(16)17/h4-10,19H,3,11H2,1-2H3. The first-order valence-corrected chi connectivity index (χ1v) is 7.17. The van der Waals surface area contributed by atoms with Crippen molar-refractivity contribution in [2.75, 3.05) is 11.9 Å². The minimum atomic E-state index is 0.0633. The Morgan fingerprint density at radius 1 is 1.05 bits per heavy atom. The minimum absolute atomic E-state index is 0.0633. The molecule has 0 aromatic heterocycles. The zero-order valence-corrected chi connectivity index (χ0v) is 12.8. The molecule has 1 N–H and O–H groups in total. The van der Waals surface area contributed by atoms with E-state index in [2.05, 4.69) is 52.0 Å². The lowest BCUT2D eigenvalue weighted by molar-refractivity contribution is 0.282. The third kappa shape index (κ3) is 3.17. The smallest absolute Gasteiger partial charge is 0.0682 e. The predicted octanol–water partition coefficient (Wildman–Crippen LogP) is 4.27. The second kappa shape index (κ2) is 6.22. The molecule has 0 saturated carbocycles. The first kappa shape index (κ1) is 14.1. The molecule has 100 valence electrons. The van der Waals surface area contributed by atoms with Gasteiger partial charge in [-0.3, -0.25) is 0 Å². The molecule has 19 heavy (non-hydrogen) atoms. The van der Waals surface area contributed by atoms with E-state index in [0.29, 0.717) is 0 Å². The summed E-state index contributed by atoms with van der Waals surface area (Å²) in [5.41, 5.74) is 4.48. The van der Waals surface area contributed by atoms with Crippen LogP contribution < -0.4 is 4.90 Å². The number of aryl methyl sites for hydroxylation is 1. The summed E-state index contributed by atoms with van der Waals surface area (Å²) < 4.78 is 0.987. The van der Waals surface area contributed by atoms with E-state index in [-0.39, 0.29) is 6.61 Å². The molecule has 0 atom stereocenters. The number of aliphatic hydroxyl groups excluding tert-OH is 1. The highest BCUT2D eigenvalue weighted by molar-refractivity contribution is 9.10. The van der Waals surface area contributed by atoms with Gasteiger partial charge in [-0.15, -0.1) is 0 Å². The molecule has 2 rings (SSSR count). The van der Waals surface area contributed by atoms with E-state index < -0.39 is 0 Å².